The van der Waals surface area contributed by atoms with E-state index in [1.807, 2.05) is 0 Å². The molecule has 106 valence electrons. The normalized spacial score (nSPS) is 18.4. The fourth-order valence-electron chi connectivity index (χ4n) is 1.82. The maximum Gasteiger partial charge on any atom is 0.439 e. The van der Waals surface area contributed by atoms with Crippen molar-refractivity contribution < 1.29 is 17.9 Å². The lowest BCUT2D eigenvalue weighted by Gasteiger charge is -2.36. The summed E-state index contributed by atoms with van der Waals surface area (Å²) in [5, 5.41) is 1.55. The van der Waals surface area contributed by atoms with E-state index >= 15 is 0 Å². The molecule has 0 aromatic rings. The van der Waals surface area contributed by atoms with Gasteiger partial charge in [-0.15, -0.1) is 4.41 Å². The number of ether oxygens (including phenoxy) is 1. The van der Waals surface area contributed by atoms with Gasteiger partial charge in [-0.3, -0.25) is 0 Å². The Hall–Kier alpha value is -0.820. The molecule has 1 saturated heterocycles. The first-order chi connectivity index (χ1) is 8.11. The van der Waals surface area contributed by atoms with Crippen molar-refractivity contribution in [3.63, 3.8) is 0 Å². The van der Waals surface area contributed by atoms with Crippen molar-refractivity contribution in [3.8, 4) is 0 Å². The lowest BCUT2D eigenvalue weighted by atomic mass is 10.2. The lowest BCUT2D eigenvalue weighted by Crippen LogP contribution is -2.52. The largest absolute Gasteiger partial charge is 0.442 e. The molecular weight excluding hydrogens is 256 g/mol. The van der Waals surface area contributed by atoms with Gasteiger partial charge in [-0.05, 0) is 33.6 Å². The van der Waals surface area contributed by atoms with Gasteiger partial charge in [0.25, 0.3) is 10.0 Å². The number of sulfonamides is 1. The molecule has 0 bridgehead atoms. The fourth-order valence-corrected chi connectivity index (χ4v) is 2.71. The van der Waals surface area contributed by atoms with Crippen LogP contribution in [0.3, 0.4) is 0 Å². The summed E-state index contributed by atoms with van der Waals surface area (Å²) in [4.78, 5) is 12.0. The fraction of sp³-hybridized carbons (Fsp3) is 0.909. The number of hydrogen-bond acceptors (Lipinski definition) is 5. The van der Waals surface area contributed by atoms with Gasteiger partial charge < -0.3 is 4.74 Å². The SMILES string of the molecule is CC(C)(C)OC(=O)N(N1CCCCC1)S(C)(=O)=O. The molecule has 0 aromatic carbocycles. The van der Waals surface area contributed by atoms with Crippen molar-refractivity contribution in [2.45, 2.75) is 45.6 Å². The second kappa shape index (κ2) is 5.44. The lowest BCUT2D eigenvalue weighted by molar-refractivity contribution is -0.0145. The minimum Gasteiger partial charge on any atom is -0.442 e. The van der Waals surface area contributed by atoms with Crippen molar-refractivity contribution >= 4 is 16.1 Å². The monoisotopic (exact) mass is 278 g/mol. The predicted molar refractivity (Wildman–Crippen MR) is 68.3 cm³/mol. The number of carbonyl (C=O) groups excluding carboxylic acids is 1. The van der Waals surface area contributed by atoms with Crippen LogP contribution in [0.15, 0.2) is 0 Å². The van der Waals surface area contributed by atoms with Crippen LogP contribution in [0.1, 0.15) is 40.0 Å². The molecule has 7 heteroatoms. The molecule has 1 rings (SSSR count). The molecule has 0 N–H and O–H groups in total. The predicted octanol–water partition coefficient (Wildman–Crippen LogP) is 1.58. The molecule has 6 nitrogen and oxygen atoms in total. The Balaban J connectivity index is 2.88. The molecule has 1 aliphatic heterocycles. The molecule has 0 saturated carbocycles. The zero-order valence-electron chi connectivity index (χ0n) is 11.5. The summed E-state index contributed by atoms with van der Waals surface area (Å²) in [6, 6.07) is 0. The Morgan fingerprint density at radius 1 is 1.17 bits per heavy atom. The number of hydrazine groups is 1. The highest BCUT2D eigenvalue weighted by atomic mass is 32.2. The molecule has 0 aliphatic carbocycles. The Morgan fingerprint density at radius 2 is 1.67 bits per heavy atom. The second-order valence-corrected chi connectivity index (χ2v) is 7.31. The Morgan fingerprint density at radius 3 is 2.06 bits per heavy atom. The first-order valence-corrected chi connectivity index (χ1v) is 7.94. The average molecular weight is 278 g/mol. The molecule has 1 fully saturated rings. The van der Waals surface area contributed by atoms with Gasteiger partial charge in [-0.1, -0.05) is 6.42 Å². The third kappa shape index (κ3) is 4.45. The van der Waals surface area contributed by atoms with Crippen LogP contribution in [0.5, 0.6) is 0 Å². The summed E-state index contributed by atoms with van der Waals surface area (Å²) < 4.78 is 29.4. The summed E-state index contributed by atoms with van der Waals surface area (Å²) in [5.74, 6) is 0. The maximum absolute atomic E-state index is 12.0. The van der Waals surface area contributed by atoms with E-state index in [0.29, 0.717) is 13.1 Å². The summed E-state index contributed by atoms with van der Waals surface area (Å²) in [6.07, 6.45) is 3.02. The van der Waals surface area contributed by atoms with E-state index in [1.165, 1.54) is 0 Å². The van der Waals surface area contributed by atoms with Gasteiger partial charge in [-0.2, -0.15) is 0 Å². The molecule has 0 unspecified atom stereocenters. The quantitative estimate of drug-likeness (QED) is 0.767. The van der Waals surface area contributed by atoms with Gasteiger partial charge in [0.1, 0.15) is 5.60 Å². The maximum atomic E-state index is 12.0. The van der Waals surface area contributed by atoms with Crippen molar-refractivity contribution in [2.24, 2.45) is 0 Å². The molecule has 18 heavy (non-hydrogen) atoms. The molecule has 0 aromatic heterocycles. The van der Waals surface area contributed by atoms with Crippen LogP contribution in [0.4, 0.5) is 4.79 Å². The molecule has 1 amide bonds. The van der Waals surface area contributed by atoms with Gasteiger partial charge >= 0.3 is 6.09 Å². The first-order valence-electron chi connectivity index (χ1n) is 6.09. The second-order valence-electron chi connectivity index (χ2n) is 5.50. The standard InChI is InChI=1S/C11H22N2O4S/c1-11(2,3)17-10(14)13(18(4,15)16)12-8-6-5-7-9-12/h5-9H2,1-4H3. The summed E-state index contributed by atoms with van der Waals surface area (Å²) in [7, 11) is -3.65. The van der Waals surface area contributed by atoms with Crippen molar-refractivity contribution in [3.05, 3.63) is 0 Å². The van der Waals surface area contributed by atoms with Crippen molar-refractivity contribution in [2.75, 3.05) is 19.3 Å². The average Bonchev–Trinajstić information content (AvgIpc) is 2.13. The van der Waals surface area contributed by atoms with Crippen molar-refractivity contribution in [1.82, 2.24) is 9.42 Å². The number of rotatable bonds is 2. The Labute approximate surface area is 109 Å². The van der Waals surface area contributed by atoms with Crippen LogP contribution in [0.25, 0.3) is 0 Å². The Kier molecular flexibility index (Phi) is 4.61. The number of amides is 1. The highest BCUT2D eigenvalue weighted by Gasteiger charge is 2.34. The Bertz CT molecular complexity index is 394. The molecule has 0 atom stereocenters. The van der Waals surface area contributed by atoms with E-state index < -0.39 is 21.7 Å². The summed E-state index contributed by atoms with van der Waals surface area (Å²) >= 11 is 0. The third-order valence-corrected chi connectivity index (χ3v) is 3.46. The highest BCUT2D eigenvalue weighted by molar-refractivity contribution is 7.88. The van der Waals surface area contributed by atoms with Gasteiger partial charge in [-0.25, -0.2) is 18.2 Å². The topological polar surface area (TPSA) is 66.9 Å². The number of nitrogens with zero attached hydrogens (tertiary/aromatic N) is 2. The summed E-state index contributed by atoms with van der Waals surface area (Å²) in [6.45, 7) is 6.25. The molecule has 1 aliphatic rings. The van der Waals surface area contributed by atoms with Gasteiger partial charge in [0, 0.05) is 13.1 Å². The minimum atomic E-state index is -3.65. The summed E-state index contributed by atoms with van der Waals surface area (Å²) in [5.41, 5.74) is -0.712. The van der Waals surface area contributed by atoms with Crippen LogP contribution in [0, 0.1) is 0 Å². The highest BCUT2D eigenvalue weighted by Crippen LogP contribution is 2.18. The van der Waals surface area contributed by atoms with E-state index in [2.05, 4.69) is 0 Å². The molecular formula is C11H22N2O4S. The van der Waals surface area contributed by atoms with Gasteiger partial charge in [0.2, 0.25) is 0 Å². The number of carbonyl (C=O) groups is 1. The van der Waals surface area contributed by atoms with E-state index in [4.69, 9.17) is 4.74 Å². The first kappa shape index (κ1) is 15.2. The molecule has 0 spiro atoms. The van der Waals surface area contributed by atoms with Gasteiger partial charge in [0.05, 0.1) is 6.26 Å². The van der Waals surface area contributed by atoms with Crippen LogP contribution >= 0.6 is 0 Å². The van der Waals surface area contributed by atoms with Crippen molar-refractivity contribution in [1.29, 1.82) is 0 Å². The number of hydrogen-bond donors (Lipinski definition) is 0. The van der Waals surface area contributed by atoms with Gasteiger partial charge in [0.15, 0.2) is 0 Å². The minimum absolute atomic E-state index is 0.562. The molecule has 1 heterocycles. The van der Waals surface area contributed by atoms with E-state index in [9.17, 15) is 13.2 Å². The van der Waals surface area contributed by atoms with Crippen LogP contribution in [-0.4, -0.2) is 48.9 Å². The zero-order valence-corrected chi connectivity index (χ0v) is 12.3. The third-order valence-electron chi connectivity index (χ3n) is 2.45. The molecule has 0 radical (unpaired) electrons. The van der Waals surface area contributed by atoms with Crippen LogP contribution in [0.2, 0.25) is 0 Å². The van der Waals surface area contributed by atoms with Crippen LogP contribution < -0.4 is 0 Å². The van der Waals surface area contributed by atoms with E-state index in [-0.39, 0.29) is 0 Å². The van der Waals surface area contributed by atoms with E-state index in [1.54, 1.807) is 25.8 Å². The zero-order chi connectivity index (χ0) is 14.0. The van der Waals surface area contributed by atoms with E-state index in [0.717, 1.165) is 29.9 Å². The number of piperidine rings is 1. The van der Waals surface area contributed by atoms with Crippen LogP contribution in [-0.2, 0) is 14.8 Å². The smallest absolute Gasteiger partial charge is 0.439 e.